The molecule has 2 rings (SSSR count). The van der Waals surface area contributed by atoms with E-state index in [1.807, 2.05) is 6.92 Å². The Morgan fingerprint density at radius 3 is 2.33 bits per heavy atom. The molecule has 1 N–H and O–H groups in total. The zero-order valence-electron chi connectivity index (χ0n) is 13.2. The van der Waals surface area contributed by atoms with Crippen molar-refractivity contribution in [2.24, 2.45) is 0 Å². The first-order valence-corrected chi connectivity index (χ1v) is 9.52. The molecule has 0 saturated carbocycles. The first-order valence-electron chi connectivity index (χ1n) is 7.25. The van der Waals surface area contributed by atoms with E-state index in [1.54, 1.807) is 13.0 Å². The molecular weight excluding hydrogens is 401 g/mol. The molecule has 0 unspecified atom stereocenters. The second kappa shape index (κ2) is 7.85. The molecule has 0 aliphatic carbocycles. The van der Waals surface area contributed by atoms with Crippen LogP contribution in [0.25, 0.3) is 0 Å². The first-order chi connectivity index (χ1) is 11.4. The number of benzene rings is 2. The Morgan fingerprint density at radius 1 is 1.04 bits per heavy atom. The average Bonchev–Trinajstić information content (AvgIpc) is 2.52. The van der Waals surface area contributed by atoms with Crippen molar-refractivity contribution in [2.45, 2.75) is 18.7 Å². The summed E-state index contributed by atoms with van der Waals surface area (Å²) in [5, 5.41) is 0. The molecule has 8 heteroatoms. The normalized spacial score (nSPS) is 11.2. The molecule has 0 aliphatic heterocycles. The minimum Gasteiger partial charge on any atom is -0.490 e. The highest BCUT2D eigenvalue weighted by molar-refractivity contribution is 9.10. The van der Waals surface area contributed by atoms with Crippen molar-refractivity contribution in [1.82, 2.24) is 0 Å². The fourth-order valence-corrected chi connectivity index (χ4v) is 3.39. The first kappa shape index (κ1) is 18.5. The summed E-state index contributed by atoms with van der Waals surface area (Å²) in [5.41, 5.74) is -0.134. The molecule has 0 radical (unpaired) electrons. The lowest BCUT2D eigenvalue weighted by atomic mass is 10.3. The van der Waals surface area contributed by atoms with Crippen LogP contribution in [0.15, 0.2) is 45.8 Å². The summed E-state index contributed by atoms with van der Waals surface area (Å²) in [4.78, 5) is -0.0447. The van der Waals surface area contributed by atoms with Gasteiger partial charge in [0.25, 0.3) is 10.0 Å². The maximum atomic E-state index is 13.9. The van der Waals surface area contributed by atoms with E-state index in [2.05, 4.69) is 20.7 Å². The van der Waals surface area contributed by atoms with Gasteiger partial charge in [-0.05, 0) is 44.2 Å². The third kappa shape index (κ3) is 4.39. The van der Waals surface area contributed by atoms with Gasteiger partial charge in [-0.25, -0.2) is 12.8 Å². The molecule has 2 aromatic rings. The Hall–Kier alpha value is -1.80. The number of anilines is 1. The van der Waals surface area contributed by atoms with Gasteiger partial charge >= 0.3 is 0 Å². The average molecular weight is 418 g/mol. The molecule has 0 aromatic heterocycles. The van der Waals surface area contributed by atoms with Crippen LogP contribution in [0.3, 0.4) is 0 Å². The highest BCUT2D eigenvalue weighted by Crippen LogP contribution is 2.31. The van der Waals surface area contributed by atoms with Crippen molar-refractivity contribution >= 4 is 31.6 Å². The van der Waals surface area contributed by atoms with Gasteiger partial charge in [-0.2, -0.15) is 0 Å². The molecule has 5 nitrogen and oxygen atoms in total. The van der Waals surface area contributed by atoms with Gasteiger partial charge in [0.05, 0.1) is 23.8 Å². The van der Waals surface area contributed by atoms with E-state index in [1.165, 1.54) is 30.3 Å². The van der Waals surface area contributed by atoms with Crippen molar-refractivity contribution in [2.75, 3.05) is 17.9 Å². The van der Waals surface area contributed by atoms with Gasteiger partial charge in [-0.15, -0.1) is 0 Å². The molecule has 0 saturated heterocycles. The fourth-order valence-electron chi connectivity index (χ4n) is 1.97. The lowest BCUT2D eigenvalue weighted by molar-refractivity contribution is 0.287. The van der Waals surface area contributed by atoms with Gasteiger partial charge in [-0.1, -0.05) is 15.9 Å². The molecule has 0 aliphatic rings. The second-order valence-corrected chi connectivity index (χ2v) is 7.30. The lowest BCUT2D eigenvalue weighted by Crippen LogP contribution is -2.14. The molecule has 0 heterocycles. The van der Waals surface area contributed by atoms with Crippen LogP contribution in [0.2, 0.25) is 0 Å². The Bertz CT molecular complexity index is 827. The van der Waals surface area contributed by atoms with Crippen LogP contribution in [0.5, 0.6) is 11.5 Å². The van der Waals surface area contributed by atoms with Crippen LogP contribution in [0.1, 0.15) is 13.8 Å². The van der Waals surface area contributed by atoms with Gasteiger partial charge in [0, 0.05) is 10.5 Å². The molecule has 2 aromatic carbocycles. The van der Waals surface area contributed by atoms with Crippen LogP contribution < -0.4 is 14.2 Å². The second-order valence-electron chi connectivity index (χ2n) is 4.70. The van der Waals surface area contributed by atoms with Crippen LogP contribution in [-0.4, -0.2) is 21.6 Å². The van der Waals surface area contributed by atoms with E-state index < -0.39 is 15.8 Å². The zero-order chi connectivity index (χ0) is 17.7. The van der Waals surface area contributed by atoms with Crippen molar-refractivity contribution in [1.29, 1.82) is 0 Å². The van der Waals surface area contributed by atoms with Crippen molar-refractivity contribution in [3.63, 3.8) is 0 Å². The Balaban J connectivity index is 2.36. The maximum absolute atomic E-state index is 13.9. The Kier molecular flexibility index (Phi) is 6.06. The van der Waals surface area contributed by atoms with Gasteiger partial charge < -0.3 is 9.47 Å². The molecule has 24 heavy (non-hydrogen) atoms. The topological polar surface area (TPSA) is 64.6 Å². The van der Waals surface area contributed by atoms with Gasteiger partial charge in [0.2, 0.25) is 0 Å². The van der Waals surface area contributed by atoms with Gasteiger partial charge in [0.15, 0.2) is 11.5 Å². The smallest absolute Gasteiger partial charge is 0.262 e. The largest absolute Gasteiger partial charge is 0.490 e. The minimum absolute atomic E-state index is 0.0447. The van der Waals surface area contributed by atoms with Crippen LogP contribution in [-0.2, 0) is 10.0 Å². The third-order valence-electron chi connectivity index (χ3n) is 3.00. The number of ether oxygens (including phenoxy) is 2. The SMILES string of the molecule is CCOc1ccc(S(=O)(=O)Nc2ccc(Br)cc2F)cc1OCC. The number of sulfonamides is 1. The van der Waals surface area contributed by atoms with Crippen LogP contribution in [0, 0.1) is 5.82 Å². The van der Waals surface area contributed by atoms with E-state index in [0.717, 1.165) is 0 Å². The standard InChI is InChI=1S/C16H17BrFNO4S/c1-3-22-15-8-6-12(10-16(15)23-4-2)24(20,21)19-14-7-5-11(17)9-13(14)18/h5-10,19H,3-4H2,1-2H3. The molecule has 0 atom stereocenters. The lowest BCUT2D eigenvalue weighted by Gasteiger charge is -2.14. The van der Waals surface area contributed by atoms with Crippen molar-refractivity contribution in [3.05, 3.63) is 46.7 Å². The van der Waals surface area contributed by atoms with E-state index >= 15 is 0 Å². The molecule has 0 spiro atoms. The number of hydrogen-bond donors (Lipinski definition) is 1. The Labute approximate surface area is 149 Å². The van der Waals surface area contributed by atoms with E-state index in [-0.39, 0.29) is 10.6 Å². The van der Waals surface area contributed by atoms with Gasteiger partial charge in [-0.3, -0.25) is 4.72 Å². The predicted molar refractivity (Wildman–Crippen MR) is 93.7 cm³/mol. The molecule has 0 bridgehead atoms. The van der Waals surface area contributed by atoms with Crippen molar-refractivity contribution in [3.8, 4) is 11.5 Å². The van der Waals surface area contributed by atoms with Crippen LogP contribution >= 0.6 is 15.9 Å². The summed E-state index contributed by atoms with van der Waals surface area (Å²) >= 11 is 3.12. The summed E-state index contributed by atoms with van der Waals surface area (Å²) in [6.07, 6.45) is 0. The van der Waals surface area contributed by atoms with Gasteiger partial charge in [0.1, 0.15) is 5.82 Å². The zero-order valence-corrected chi connectivity index (χ0v) is 15.6. The Morgan fingerprint density at radius 2 is 1.71 bits per heavy atom. The summed E-state index contributed by atoms with van der Waals surface area (Å²) in [7, 11) is -3.96. The summed E-state index contributed by atoms with van der Waals surface area (Å²) < 4.78 is 52.4. The molecule has 0 fully saturated rings. The highest BCUT2D eigenvalue weighted by Gasteiger charge is 2.19. The summed E-state index contributed by atoms with van der Waals surface area (Å²) in [6, 6.07) is 8.32. The van der Waals surface area contributed by atoms with Crippen molar-refractivity contribution < 1.29 is 22.3 Å². The molecule has 130 valence electrons. The summed E-state index contributed by atoms with van der Waals surface area (Å²) in [5.74, 6) is 0.0931. The monoisotopic (exact) mass is 417 g/mol. The maximum Gasteiger partial charge on any atom is 0.262 e. The minimum atomic E-state index is -3.96. The molecule has 0 amide bonds. The fraction of sp³-hybridized carbons (Fsp3) is 0.250. The molecular formula is C16H17BrFNO4S. The number of hydrogen-bond acceptors (Lipinski definition) is 4. The van der Waals surface area contributed by atoms with E-state index in [0.29, 0.717) is 29.2 Å². The van der Waals surface area contributed by atoms with E-state index in [9.17, 15) is 12.8 Å². The number of nitrogens with one attached hydrogen (secondary N) is 1. The quantitative estimate of drug-likeness (QED) is 0.733. The number of rotatable bonds is 7. The van der Waals surface area contributed by atoms with E-state index in [4.69, 9.17) is 9.47 Å². The highest BCUT2D eigenvalue weighted by atomic mass is 79.9. The van der Waals surface area contributed by atoms with Crippen LogP contribution in [0.4, 0.5) is 10.1 Å². The number of halogens is 2. The third-order valence-corrected chi connectivity index (χ3v) is 4.86. The summed E-state index contributed by atoms with van der Waals surface area (Å²) in [6.45, 7) is 4.39. The predicted octanol–water partition coefficient (Wildman–Crippen LogP) is 4.19.